The monoisotopic (exact) mass is 383 g/mol. The quantitative estimate of drug-likeness (QED) is 0.698. The second-order valence-corrected chi connectivity index (χ2v) is 6.89. The zero-order valence-electron chi connectivity index (χ0n) is 17.0. The van der Waals surface area contributed by atoms with E-state index in [1.165, 1.54) is 5.56 Å². The molecule has 6 heteroatoms. The van der Waals surface area contributed by atoms with Crippen molar-refractivity contribution in [2.75, 3.05) is 32.6 Å². The van der Waals surface area contributed by atoms with Crippen LogP contribution in [0.15, 0.2) is 48.5 Å². The number of nitrogens with zero attached hydrogens (tertiary/aromatic N) is 1. The number of methoxy groups -OCH3 is 1. The molecule has 2 aromatic rings. The Morgan fingerprint density at radius 3 is 2.39 bits per heavy atom. The van der Waals surface area contributed by atoms with Gasteiger partial charge in [-0.1, -0.05) is 42.8 Å². The maximum atomic E-state index is 12.4. The van der Waals surface area contributed by atoms with Gasteiger partial charge in [0.25, 0.3) is 0 Å². The molecule has 0 aliphatic heterocycles. The maximum absolute atomic E-state index is 12.4. The number of rotatable bonds is 9. The molecule has 0 saturated carbocycles. The molecule has 0 fully saturated rings. The minimum atomic E-state index is -0.186. The van der Waals surface area contributed by atoms with Gasteiger partial charge in [0, 0.05) is 11.8 Å². The van der Waals surface area contributed by atoms with Crippen LogP contribution in [0.25, 0.3) is 0 Å². The van der Waals surface area contributed by atoms with Crippen LogP contribution in [-0.4, -0.2) is 44.0 Å². The van der Waals surface area contributed by atoms with Crippen molar-refractivity contribution in [3.63, 3.8) is 0 Å². The molecule has 2 N–H and O–H groups in total. The number of benzene rings is 2. The molecule has 6 nitrogen and oxygen atoms in total. The highest BCUT2D eigenvalue weighted by Gasteiger charge is 2.15. The summed E-state index contributed by atoms with van der Waals surface area (Å²) in [6.07, 6.45) is 0.800. The molecule has 0 bridgehead atoms. The number of hydrogen-bond acceptors (Lipinski definition) is 4. The van der Waals surface area contributed by atoms with Gasteiger partial charge in [0.1, 0.15) is 5.75 Å². The molecule has 0 heterocycles. The Bertz CT molecular complexity index is 790. The zero-order valence-corrected chi connectivity index (χ0v) is 17.0. The van der Waals surface area contributed by atoms with E-state index >= 15 is 0 Å². The van der Waals surface area contributed by atoms with Crippen LogP contribution in [0.1, 0.15) is 30.5 Å². The van der Waals surface area contributed by atoms with Gasteiger partial charge in [-0.15, -0.1) is 0 Å². The number of anilines is 1. The highest BCUT2D eigenvalue weighted by atomic mass is 16.5. The van der Waals surface area contributed by atoms with Crippen LogP contribution in [0, 0.1) is 6.92 Å². The number of carbonyl (C=O) groups excluding carboxylic acids is 2. The van der Waals surface area contributed by atoms with Gasteiger partial charge in [0.05, 0.1) is 26.2 Å². The highest BCUT2D eigenvalue weighted by Crippen LogP contribution is 2.17. The third-order valence-corrected chi connectivity index (χ3v) is 4.40. The molecule has 2 aromatic carbocycles. The van der Waals surface area contributed by atoms with Crippen molar-refractivity contribution >= 4 is 17.5 Å². The van der Waals surface area contributed by atoms with Gasteiger partial charge in [-0.05, 0) is 38.1 Å². The first-order valence-corrected chi connectivity index (χ1v) is 9.39. The fraction of sp³-hybridized carbons (Fsp3) is 0.364. The Hall–Kier alpha value is -2.86. The Kier molecular flexibility index (Phi) is 8.02. The number of nitrogens with one attached hydrogen (secondary N) is 2. The van der Waals surface area contributed by atoms with Crippen molar-refractivity contribution in [1.82, 2.24) is 10.2 Å². The molecule has 1 atom stereocenters. The second-order valence-electron chi connectivity index (χ2n) is 6.89. The van der Waals surface area contributed by atoms with E-state index in [4.69, 9.17) is 4.74 Å². The summed E-state index contributed by atoms with van der Waals surface area (Å²) in [6, 6.07) is 15.3. The Balaban J connectivity index is 1.83. The Morgan fingerprint density at radius 2 is 1.75 bits per heavy atom. The number of amides is 2. The summed E-state index contributed by atoms with van der Waals surface area (Å²) in [7, 11) is 3.32. The number of ether oxygens (including phenoxy) is 1. The summed E-state index contributed by atoms with van der Waals surface area (Å²) in [5.74, 6) is 0.380. The minimum Gasteiger partial charge on any atom is -0.497 e. The molecule has 0 radical (unpaired) electrons. The first-order chi connectivity index (χ1) is 13.4. The van der Waals surface area contributed by atoms with E-state index in [1.807, 2.05) is 50.2 Å². The van der Waals surface area contributed by atoms with E-state index in [0.717, 1.165) is 12.0 Å². The lowest BCUT2D eigenvalue weighted by atomic mass is 10.0. The van der Waals surface area contributed by atoms with Crippen molar-refractivity contribution in [2.24, 2.45) is 0 Å². The fourth-order valence-electron chi connectivity index (χ4n) is 2.91. The third-order valence-electron chi connectivity index (χ3n) is 4.40. The maximum Gasteiger partial charge on any atom is 0.238 e. The highest BCUT2D eigenvalue weighted by molar-refractivity contribution is 5.92. The molecule has 0 aromatic heterocycles. The Morgan fingerprint density at radius 1 is 1.07 bits per heavy atom. The number of carbonyl (C=O) groups is 2. The van der Waals surface area contributed by atoms with Gasteiger partial charge in [-0.2, -0.15) is 0 Å². The van der Waals surface area contributed by atoms with Crippen molar-refractivity contribution in [1.29, 1.82) is 0 Å². The zero-order chi connectivity index (χ0) is 20.5. The molecule has 0 spiro atoms. The minimum absolute atomic E-state index is 0.0351. The number of hydrogen-bond donors (Lipinski definition) is 2. The molecular formula is C22H29N3O3. The lowest BCUT2D eigenvalue weighted by Gasteiger charge is -2.21. The first kappa shape index (κ1) is 21.4. The summed E-state index contributed by atoms with van der Waals surface area (Å²) in [5, 5.41) is 5.85. The van der Waals surface area contributed by atoms with Gasteiger partial charge in [-0.25, -0.2) is 0 Å². The number of aryl methyl sites for hydroxylation is 1. The Labute approximate surface area is 166 Å². The molecular weight excluding hydrogens is 354 g/mol. The molecule has 2 rings (SSSR count). The molecule has 0 aliphatic carbocycles. The fourth-order valence-corrected chi connectivity index (χ4v) is 2.91. The topological polar surface area (TPSA) is 70.7 Å². The van der Waals surface area contributed by atoms with Crippen LogP contribution >= 0.6 is 0 Å². The molecule has 2 amide bonds. The average molecular weight is 383 g/mol. The van der Waals surface area contributed by atoms with Gasteiger partial charge < -0.3 is 15.4 Å². The van der Waals surface area contributed by atoms with Crippen molar-refractivity contribution in [3.8, 4) is 5.75 Å². The SMILES string of the molecule is CC[C@H](NC(=O)CN(C)CC(=O)Nc1cccc(OC)c1)c1ccc(C)cc1. The summed E-state index contributed by atoms with van der Waals surface area (Å²) in [4.78, 5) is 26.3. The van der Waals surface area contributed by atoms with Crippen LogP contribution in [0.2, 0.25) is 0 Å². The first-order valence-electron chi connectivity index (χ1n) is 9.39. The third kappa shape index (κ3) is 6.70. The average Bonchev–Trinajstić information content (AvgIpc) is 2.66. The summed E-state index contributed by atoms with van der Waals surface area (Å²) >= 11 is 0. The van der Waals surface area contributed by atoms with Crippen molar-refractivity contribution in [2.45, 2.75) is 26.3 Å². The predicted octanol–water partition coefficient (Wildman–Crippen LogP) is 3.14. The van der Waals surface area contributed by atoms with Crippen LogP contribution in [0.3, 0.4) is 0 Å². The molecule has 0 aliphatic rings. The van der Waals surface area contributed by atoms with Crippen LogP contribution < -0.4 is 15.4 Å². The second kappa shape index (κ2) is 10.5. The van der Waals surface area contributed by atoms with E-state index in [9.17, 15) is 9.59 Å². The summed E-state index contributed by atoms with van der Waals surface area (Å²) < 4.78 is 5.15. The lowest BCUT2D eigenvalue weighted by Crippen LogP contribution is -2.40. The normalized spacial score (nSPS) is 11.8. The van der Waals surface area contributed by atoms with E-state index in [0.29, 0.717) is 11.4 Å². The molecule has 0 unspecified atom stereocenters. The summed E-state index contributed by atoms with van der Waals surface area (Å²) in [6.45, 7) is 4.34. The standard InChI is InChI=1S/C22H29N3O3/c1-5-20(17-11-9-16(2)10-12-17)24-22(27)15-25(3)14-21(26)23-18-7-6-8-19(13-18)28-4/h6-13,20H,5,14-15H2,1-4H3,(H,23,26)(H,24,27)/t20-/m0/s1. The van der Waals surface area contributed by atoms with E-state index in [2.05, 4.69) is 10.6 Å². The van der Waals surface area contributed by atoms with E-state index in [-0.39, 0.29) is 30.9 Å². The largest absolute Gasteiger partial charge is 0.497 e. The predicted molar refractivity (Wildman–Crippen MR) is 111 cm³/mol. The van der Waals surface area contributed by atoms with Crippen LogP contribution in [0.4, 0.5) is 5.69 Å². The van der Waals surface area contributed by atoms with Gasteiger partial charge in [0.15, 0.2) is 0 Å². The van der Waals surface area contributed by atoms with Crippen molar-refractivity contribution in [3.05, 3.63) is 59.7 Å². The van der Waals surface area contributed by atoms with Crippen LogP contribution in [-0.2, 0) is 9.59 Å². The van der Waals surface area contributed by atoms with Crippen LogP contribution in [0.5, 0.6) is 5.75 Å². The van der Waals surface area contributed by atoms with Gasteiger partial charge in [-0.3, -0.25) is 14.5 Å². The van der Waals surface area contributed by atoms with Gasteiger partial charge in [0.2, 0.25) is 11.8 Å². The smallest absolute Gasteiger partial charge is 0.238 e. The number of likely N-dealkylation sites (N-methyl/N-ethyl adjacent to an activating group) is 1. The van der Waals surface area contributed by atoms with E-state index < -0.39 is 0 Å². The van der Waals surface area contributed by atoms with E-state index in [1.54, 1.807) is 31.2 Å². The molecule has 28 heavy (non-hydrogen) atoms. The summed E-state index contributed by atoms with van der Waals surface area (Å²) in [5.41, 5.74) is 2.93. The van der Waals surface area contributed by atoms with Crippen molar-refractivity contribution < 1.29 is 14.3 Å². The lowest BCUT2D eigenvalue weighted by molar-refractivity contribution is -0.123. The molecule has 0 saturated heterocycles. The van der Waals surface area contributed by atoms with Gasteiger partial charge >= 0.3 is 0 Å². The molecule has 150 valence electrons.